The van der Waals surface area contributed by atoms with E-state index in [0.29, 0.717) is 0 Å². The number of hydrogen-bond acceptors (Lipinski definition) is 2. The van der Waals surface area contributed by atoms with Gasteiger partial charge in [0.2, 0.25) is 5.91 Å². The summed E-state index contributed by atoms with van der Waals surface area (Å²) in [5, 5.41) is 4.53. The van der Waals surface area contributed by atoms with E-state index in [4.69, 9.17) is 4.74 Å². The van der Waals surface area contributed by atoms with Gasteiger partial charge in [-0.2, -0.15) is 0 Å². The number of carbonyl (C=O) groups is 1. The normalized spacial score (nSPS) is 12.0. The first-order valence-electron chi connectivity index (χ1n) is 7.81. The van der Waals surface area contributed by atoms with Gasteiger partial charge in [-0.3, -0.25) is 4.79 Å². The van der Waals surface area contributed by atoms with E-state index in [1.807, 2.05) is 36.4 Å². The maximum atomic E-state index is 13.2. The van der Waals surface area contributed by atoms with Gasteiger partial charge in [0.1, 0.15) is 17.4 Å². The van der Waals surface area contributed by atoms with Gasteiger partial charge in [0.25, 0.3) is 0 Å². The van der Waals surface area contributed by atoms with Gasteiger partial charge < -0.3 is 10.1 Å². The Hall–Kier alpha value is -2.95. The van der Waals surface area contributed by atoms with Crippen LogP contribution in [-0.2, 0) is 4.79 Å². The molecule has 1 atom stereocenters. The Morgan fingerprint density at radius 2 is 1.60 bits per heavy atom. The first-order chi connectivity index (χ1) is 12.0. The zero-order chi connectivity index (χ0) is 18.0. The van der Waals surface area contributed by atoms with E-state index in [1.165, 1.54) is 0 Å². The number of nitrogens with one attached hydrogen (secondary N) is 1. The average Bonchev–Trinajstić information content (AvgIpc) is 2.59. The summed E-state index contributed by atoms with van der Waals surface area (Å²) in [4.78, 5) is 12.4. The van der Waals surface area contributed by atoms with E-state index in [0.717, 1.165) is 40.3 Å². The summed E-state index contributed by atoms with van der Waals surface area (Å²) in [5.74, 6) is -1.51. The number of amides is 1. The number of methoxy groups -OCH3 is 1. The Morgan fingerprint density at radius 1 is 0.960 bits per heavy atom. The molecule has 3 nitrogen and oxygen atoms in total. The third-order valence-electron chi connectivity index (χ3n) is 4.09. The lowest BCUT2D eigenvalue weighted by Crippen LogP contribution is -2.19. The highest BCUT2D eigenvalue weighted by Gasteiger charge is 2.16. The zero-order valence-corrected chi connectivity index (χ0v) is 13.8. The van der Waals surface area contributed by atoms with Crippen molar-refractivity contribution in [1.82, 2.24) is 0 Å². The largest absolute Gasteiger partial charge is 0.497 e. The Kier molecular flexibility index (Phi) is 4.65. The molecular weight excluding hydrogens is 324 g/mol. The highest BCUT2D eigenvalue weighted by molar-refractivity contribution is 5.96. The van der Waals surface area contributed by atoms with E-state index in [-0.39, 0.29) is 11.6 Å². The minimum atomic E-state index is -0.734. The number of ether oxygens (including phenoxy) is 1. The number of carbonyl (C=O) groups excluding carboxylic acids is 1. The molecule has 1 amide bonds. The van der Waals surface area contributed by atoms with Gasteiger partial charge in [-0.05, 0) is 47.5 Å². The third-order valence-corrected chi connectivity index (χ3v) is 4.09. The van der Waals surface area contributed by atoms with E-state index in [1.54, 1.807) is 14.0 Å². The topological polar surface area (TPSA) is 38.3 Å². The summed E-state index contributed by atoms with van der Waals surface area (Å²) in [6, 6.07) is 14.3. The summed E-state index contributed by atoms with van der Waals surface area (Å²) < 4.78 is 31.7. The van der Waals surface area contributed by atoms with Crippen LogP contribution in [0.3, 0.4) is 0 Å². The lowest BCUT2D eigenvalue weighted by atomic mass is 9.97. The molecular formula is C20H17F2NO2. The van der Waals surface area contributed by atoms with Crippen LogP contribution >= 0.6 is 0 Å². The van der Waals surface area contributed by atoms with Crippen LogP contribution in [0.2, 0.25) is 0 Å². The molecule has 3 aromatic carbocycles. The Morgan fingerprint density at radius 3 is 2.28 bits per heavy atom. The highest BCUT2D eigenvalue weighted by atomic mass is 19.1. The van der Waals surface area contributed by atoms with Gasteiger partial charge in [-0.1, -0.05) is 24.3 Å². The molecule has 0 saturated carbocycles. The standard InChI is InChI=1S/C20H17F2NO2/c1-12(20(24)23-18-10-16(21)9-17(22)11-18)13-3-4-15-8-19(25-2)6-5-14(15)7-13/h3-12H,1-2H3,(H,23,24)/t12-/m0/s1. The zero-order valence-electron chi connectivity index (χ0n) is 13.8. The van der Waals surface area contributed by atoms with Crippen molar-refractivity contribution in [3.05, 3.63) is 71.8 Å². The number of anilines is 1. The van der Waals surface area contributed by atoms with Crippen molar-refractivity contribution in [1.29, 1.82) is 0 Å². The fourth-order valence-corrected chi connectivity index (χ4v) is 2.67. The average molecular weight is 341 g/mol. The molecule has 128 valence electrons. The van der Waals surface area contributed by atoms with Crippen LogP contribution in [0.1, 0.15) is 18.4 Å². The summed E-state index contributed by atoms with van der Waals surface area (Å²) in [6.45, 7) is 1.75. The molecule has 3 rings (SSSR count). The second-order valence-electron chi connectivity index (χ2n) is 5.84. The Balaban J connectivity index is 1.82. The highest BCUT2D eigenvalue weighted by Crippen LogP contribution is 2.26. The number of fused-ring (bicyclic) bond motifs is 1. The van der Waals surface area contributed by atoms with E-state index in [9.17, 15) is 13.6 Å². The van der Waals surface area contributed by atoms with Crippen LogP contribution < -0.4 is 10.1 Å². The maximum Gasteiger partial charge on any atom is 0.231 e. The van der Waals surface area contributed by atoms with Crippen LogP contribution in [0.4, 0.5) is 14.5 Å². The van der Waals surface area contributed by atoms with E-state index < -0.39 is 17.6 Å². The first kappa shape index (κ1) is 16.9. The van der Waals surface area contributed by atoms with Crippen LogP contribution in [-0.4, -0.2) is 13.0 Å². The number of benzene rings is 3. The van der Waals surface area contributed by atoms with Gasteiger partial charge >= 0.3 is 0 Å². The summed E-state index contributed by atoms with van der Waals surface area (Å²) in [6.07, 6.45) is 0. The molecule has 5 heteroatoms. The van der Waals surface area contributed by atoms with Gasteiger partial charge in [-0.25, -0.2) is 8.78 Å². The molecule has 0 spiro atoms. The molecule has 0 saturated heterocycles. The molecule has 3 aromatic rings. The molecule has 1 N–H and O–H groups in total. The number of hydrogen-bond donors (Lipinski definition) is 1. The molecule has 0 unspecified atom stereocenters. The second-order valence-corrected chi connectivity index (χ2v) is 5.84. The summed E-state index contributed by atoms with van der Waals surface area (Å²) >= 11 is 0. The fraction of sp³-hybridized carbons (Fsp3) is 0.150. The molecule has 0 aliphatic rings. The van der Waals surface area contributed by atoms with Gasteiger partial charge in [0.15, 0.2) is 0 Å². The Bertz CT molecular complexity index is 920. The molecule has 0 aliphatic heterocycles. The molecule has 0 aliphatic carbocycles. The van der Waals surface area contributed by atoms with Crippen molar-refractivity contribution in [2.24, 2.45) is 0 Å². The van der Waals surface area contributed by atoms with Crippen LogP contribution in [0.25, 0.3) is 10.8 Å². The van der Waals surface area contributed by atoms with Crippen LogP contribution in [0, 0.1) is 11.6 Å². The molecule has 0 heterocycles. The minimum Gasteiger partial charge on any atom is -0.497 e. The lowest BCUT2D eigenvalue weighted by molar-refractivity contribution is -0.117. The molecule has 0 fully saturated rings. The Labute approximate surface area is 144 Å². The summed E-state index contributed by atoms with van der Waals surface area (Å²) in [5.41, 5.74) is 0.909. The van der Waals surface area contributed by atoms with Crippen molar-refractivity contribution >= 4 is 22.4 Å². The van der Waals surface area contributed by atoms with Crippen molar-refractivity contribution < 1.29 is 18.3 Å². The molecule has 0 radical (unpaired) electrons. The van der Waals surface area contributed by atoms with Gasteiger partial charge in [0, 0.05) is 11.8 Å². The predicted octanol–water partition coefficient (Wildman–Crippen LogP) is 4.87. The smallest absolute Gasteiger partial charge is 0.231 e. The van der Waals surface area contributed by atoms with Crippen molar-refractivity contribution in [3.63, 3.8) is 0 Å². The minimum absolute atomic E-state index is 0.0971. The molecule has 0 bridgehead atoms. The van der Waals surface area contributed by atoms with E-state index >= 15 is 0 Å². The SMILES string of the molecule is COc1ccc2cc([C@H](C)C(=O)Nc3cc(F)cc(F)c3)ccc2c1. The van der Waals surface area contributed by atoms with Gasteiger partial charge in [-0.15, -0.1) is 0 Å². The number of halogens is 2. The summed E-state index contributed by atoms with van der Waals surface area (Å²) in [7, 11) is 1.61. The third kappa shape index (κ3) is 3.76. The van der Waals surface area contributed by atoms with Crippen molar-refractivity contribution in [3.8, 4) is 5.75 Å². The number of rotatable bonds is 4. The maximum absolute atomic E-state index is 13.2. The quantitative estimate of drug-likeness (QED) is 0.735. The van der Waals surface area contributed by atoms with Gasteiger partial charge in [0.05, 0.1) is 13.0 Å². The van der Waals surface area contributed by atoms with Crippen LogP contribution in [0.5, 0.6) is 5.75 Å². The lowest BCUT2D eigenvalue weighted by Gasteiger charge is -2.14. The van der Waals surface area contributed by atoms with Crippen LogP contribution in [0.15, 0.2) is 54.6 Å². The second kappa shape index (κ2) is 6.89. The first-order valence-corrected chi connectivity index (χ1v) is 7.81. The predicted molar refractivity (Wildman–Crippen MR) is 93.9 cm³/mol. The molecule has 25 heavy (non-hydrogen) atoms. The van der Waals surface area contributed by atoms with E-state index in [2.05, 4.69) is 5.32 Å². The fourth-order valence-electron chi connectivity index (χ4n) is 2.67. The van der Waals surface area contributed by atoms with Crippen molar-refractivity contribution in [2.75, 3.05) is 12.4 Å². The molecule has 0 aromatic heterocycles. The van der Waals surface area contributed by atoms with Crippen molar-refractivity contribution in [2.45, 2.75) is 12.8 Å². The monoisotopic (exact) mass is 341 g/mol.